The number of thioether (sulfide) groups is 1. The smallest absolute Gasteiger partial charge is 0.119 e. The lowest BCUT2D eigenvalue weighted by atomic mass is 10.1. The van der Waals surface area contributed by atoms with E-state index in [1.807, 2.05) is 42.7 Å². The molecule has 2 aromatic rings. The minimum Gasteiger partial charge on any atom is -0.497 e. The summed E-state index contributed by atoms with van der Waals surface area (Å²) in [7, 11) is 1.62. The van der Waals surface area contributed by atoms with Crippen molar-refractivity contribution in [3.63, 3.8) is 0 Å². The van der Waals surface area contributed by atoms with Crippen molar-refractivity contribution in [3.8, 4) is 5.75 Å². The summed E-state index contributed by atoms with van der Waals surface area (Å²) in [4.78, 5) is 1.20. The molecule has 2 rings (SSSR count). The van der Waals surface area contributed by atoms with E-state index in [-0.39, 0.29) is 0 Å². The third kappa shape index (κ3) is 3.92. The fourth-order valence-corrected chi connectivity index (χ4v) is 2.37. The van der Waals surface area contributed by atoms with Crippen molar-refractivity contribution < 1.29 is 9.84 Å². The first-order chi connectivity index (χ1) is 9.72. The Labute approximate surface area is 124 Å². The van der Waals surface area contributed by atoms with Crippen molar-refractivity contribution in [1.82, 2.24) is 0 Å². The van der Waals surface area contributed by atoms with Crippen LogP contribution in [-0.4, -0.2) is 25.0 Å². The molecule has 3 nitrogen and oxygen atoms in total. The Morgan fingerprint density at radius 1 is 1.20 bits per heavy atom. The Hall–Kier alpha value is -1.65. The number of anilines is 1. The molecule has 0 amide bonds. The molecular weight excluding hydrogens is 270 g/mol. The maximum Gasteiger partial charge on any atom is 0.119 e. The van der Waals surface area contributed by atoms with Gasteiger partial charge in [-0.2, -0.15) is 0 Å². The molecule has 0 aliphatic carbocycles. The Morgan fingerprint density at radius 2 is 2.00 bits per heavy atom. The minimum absolute atomic E-state index is 0.463. The van der Waals surface area contributed by atoms with Gasteiger partial charge < -0.3 is 15.2 Å². The van der Waals surface area contributed by atoms with Crippen molar-refractivity contribution in [1.29, 1.82) is 0 Å². The van der Waals surface area contributed by atoms with Gasteiger partial charge in [-0.15, -0.1) is 11.8 Å². The number of rotatable bonds is 6. The van der Waals surface area contributed by atoms with E-state index in [2.05, 4.69) is 17.4 Å². The molecule has 0 aliphatic heterocycles. The molecule has 0 saturated carbocycles. The van der Waals surface area contributed by atoms with E-state index >= 15 is 0 Å². The Balaban J connectivity index is 1.98. The van der Waals surface area contributed by atoms with E-state index in [1.165, 1.54) is 4.90 Å². The third-order valence-electron chi connectivity index (χ3n) is 3.05. The molecule has 20 heavy (non-hydrogen) atoms. The highest BCUT2D eigenvalue weighted by Gasteiger charge is 2.08. The summed E-state index contributed by atoms with van der Waals surface area (Å²) < 4.78 is 5.16. The predicted octanol–water partition coefficient (Wildman–Crippen LogP) is 3.56. The lowest BCUT2D eigenvalue weighted by Gasteiger charge is -2.14. The number of hydrogen-bond acceptors (Lipinski definition) is 4. The van der Waals surface area contributed by atoms with Crippen molar-refractivity contribution in [2.24, 2.45) is 0 Å². The van der Waals surface area contributed by atoms with Gasteiger partial charge >= 0.3 is 0 Å². The monoisotopic (exact) mass is 289 g/mol. The van der Waals surface area contributed by atoms with E-state index in [1.54, 1.807) is 18.9 Å². The van der Waals surface area contributed by atoms with Crippen LogP contribution in [0.1, 0.15) is 11.7 Å². The lowest BCUT2D eigenvalue weighted by Crippen LogP contribution is -2.12. The van der Waals surface area contributed by atoms with Crippen LogP contribution in [0.2, 0.25) is 0 Å². The van der Waals surface area contributed by atoms with Crippen LogP contribution < -0.4 is 10.1 Å². The average molecular weight is 289 g/mol. The summed E-state index contributed by atoms with van der Waals surface area (Å²) in [6.07, 6.45) is 1.48. The van der Waals surface area contributed by atoms with Crippen LogP contribution in [0.15, 0.2) is 53.4 Å². The van der Waals surface area contributed by atoms with Crippen molar-refractivity contribution in [3.05, 3.63) is 54.1 Å². The minimum atomic E-state index is -0.567. The van der Waals surface area contributed by atoms with Crippen molar-refractivity contribution in [2.45, 2.75) is 11.0 Å². The van der Waals surface area contributed by atoms with Gasteiger partial charge in [0, 0.05) is 17.1 Å². The number of benzene rings is 2. The third-order valence-corrected chi connectivity index (χ3v) is 3.77. The van der Waals surface area contributed by atoms with Gasteiger partial charge in [-0.05, 0) is 42.2 Å². The molecule has 2 aromatic carbocycles. The van der Waals surface area contributed by atoms with Gasteiger partial charge in [0.15, 0.2) is 0 Å². The van der Waals surface area contributed by atoms with Crippen LogP contribution in [-0.2, 0) is 0 Å². The highest BCUT2D eigenvalue weighted by Crippen LogP contribution is 2.22. The summed E-state index contributed by atoms with van der Waals surface area (Å²) >= 11 is 1.70. The molecule has 1 unspecified atom stereocenters. The molecule has 0 aromatic heterocycles. The molecule has 0 aliphatic rings. The number of nitrogens with one attached hydrogen (secondary N) is 1. The Bertz CT molecular complexity index is 560. The largest absolute Gasteiger partial charge is 0.497 e. The molecule has 2 N–H and O–H groups in total. The first kappa shape index (κ1) is 14.8. The number of aliphatic hydroxyl groups excluding tert-OH is 1. The number of ether oxygens (including phenoxy) is 1. The normalized spacial score (nSPS) is 11.9. The molecule has 0 fully saturated rings. The average Bonchev–Trinajstić information content (AvgIpc) is 2.52. The van der Waals surface area contributed by atoms with Gasteiger partial charge in [0.2, 0.25) is 0 Å². The zero-order chi connectivity index (χ0) is 14.4. The SMILES string of the molecule is COc1cccc(C(O)CNc2cccc(SC)c2)c1. The van der Waals surface area contributed by atoms with Crippen LogP contribution >= 0.6 is 11.8 Å². The first-order valence-corrected chi connectivity index (χ1v) is 7.65. The lowest BCUT2D eigenvalue weighted by molar-refractivity contribution is 0.191. The van der Waals surface area contributed by atoms with Gasteiger partial charge in [0.05, 0.1) is 13.2 Å². The van der Waals surface area contributed by atoms with Crippen LogP contribution in [0.25, 0.3) is 0 Å². The standard InChI is InChI=1S/C16H19NO2S/c1-19-14-7-3-5-12(9-14)16(18)11-17-13-6-4-8-15(10-13)20-2/h3-10,16-18H,11H2,1-2H3. The van der Waals surface area contributed by atoms with E-state index in [4.69, 9.17) is 4.74 Å². The summed E-state index contributed by atoms with van der Waals surface area (Å²) in [6.45, 7) is 0.463. The molecule has 0 bridgehead atoms. The predicted molar refractivity (Wildman–Crippen MR) is 84.7 cm³/mol. The highest BCUT2D eigenvalue weighted by atomic mass is 32.2. The number of methoxy groups -OCH3 is 1. The summed E-state index contributed by atoms with van der Waals surface area (Å²) in [5.41, 5.74) is 1.86. The van der Waals surface area contributed by atoms with E-state index in [9.17, 15) is 5.11 Å². The molecule has 0 saturated heterocycles. The fourth-order valence-electron chi connectivity index (χ4n) is 1.91. The van der Waals surface area contributed by atoms with Crippen LogP contribution in [0.3, 0.4) is 0 Å². The van der Waals surface area contributed by atoms with Gasteiger partial charge in [0.25, 0.3) is 0 Å². The molecule has 4 heteroatoms. The van der Waals surface area contributed by atoms with Crippen molar-refractivity contribution in [2.75, 3.05) is 25.2 Å². The maximum atomic E-state index is 10.2. The zero-order valence-electron chi connectivity index (χ0n) is 11.7. The van der Waals surface area contributed by atoms with E-state index in [0.717, 1.165) is 17.0 Å². The van der Waals surface area contributed by atoms with Gasteiger partial charge in [0.1, 0.15) is 5.75 Å². The fraction of sp³-hybridized carbons (Fsp3) is 0.250. The van der Waals surface area contributed by atoms with Gasteiger partial charge in [-0.1, -0.05) is 18.2 Å². The van der Waals surface area contributed by atoms with Gasteiger partial charge in [-0.3, -0.25) is 0 Å². The van der Waals surface area contributed by atoms with Crippen LogP contribution in [0, 0.1) is 0 Å². The highest BCUT2D eigenvalue weighted by molar-refractivity contribution is 7.98. The topological polar surface area (TPSA) is 41.5 Å². The molecule has 0 spiro atoms. The van der Waals surface area contributed by atoms with Crippen LogP contribution in [0.4, 0.5) is 5.69 Å². The van der Waals surface area contributed by atoms with Crippen LogP contribution in [0.5, 0.6) is 5.75 Å². The molecule has 0 heterocycles. The number of hydrogen-bond donors (Lipinski definition) is 2. The summed E-state index contributed by atoms with van der Waals surface area (Å²) in [5, 5.41) is 13.5. The Morgan fingerprint density at radius 3 is 2.75 bits per heavy atom. The Kier molecular flexibility index (Phi) is 5.32. The zero-order valence-corrected chi connectivity index (χ0v) is 12.5. The number of aliphatic hydroxyl groups is 1. The van der Waals surface area contributed by atoms with E-state index in [0.29, 0.717) is 6.54 Å². The quantitative estimate of drug-likeness (QED) is 0.798. The molecule has 106 valence electrons. The maximum absolute atomic E-state index is 10.2. The summed E-state index contributed by atoms with van der Waals surface area (Å²) in [6, 6.07) is 15.6. The van der Waals surface area contributed by atoms with Crippen molar-refractivity contribution >= 4 is 17.4 Å². The second-order valence-electron chi connectivity index (χ2n) is 4.41. The molecule has 0 radical (unpaired) electrons. The first-order valence-electron chi connectivity index (χ1n) is 6.43. The van der Waals surface area contributed by atoms with Gasteiger partial charge in [-0.25, -0.2) is 0 Å². The second kappa shape index (κ2) is 7.22. The second-order valence-corrected chi connectivity index (χ2v) is 5.28. The summed E-state index contributed by atoms with van der Waals surface area (Å²) in [5.74, 6) is 0.755. The molecule has 1 atom stereocenters. The van der Waals surface area contributed by atoms with E-state index < -0.39 is 6.10 Å². The molecular formula is C16H19NO2S.